The smallest absolute Gasteiger partial charge is 0.136 e. The highest BCUT2D eigenvalue weighted by atomic mass is 32.1. The van der Waals surface area contributed by atoms with Crippen molar-refractivity contribution in [1.82, 2.24) is 0 Å². The minimum Gasteiger partial charge on any atom is -0.497 e. The summed E-state index contributed by atoms with van der Waals surface area (Å²) >= 11 is 1.27. The molecule has 96 valence electrons. The molecular formula is C13H12F2O2S. The number of hydrogen-bond donors (Lipinski definition) is 1. The molecule has 0 amide bonds. The maximum atomic E-state index is 13.8. The Hall–Kier alpha value is -1.46. The lowest BCUT2D eigenvalue weighted by Crippen LogP contribution is -2.06. The first-order chi connectivity index (χ1) is 8.54. The van der Waals surface area contributed by atoms with Crippen molar-refractivity contribution in [3.8, 4) is 5.75 Å². The molecule has 5 heteroatoms. The molecule has 0 fully saturated rings. The summed E-state index contributed by atoms with van der Waals surface area (Å²) in [6.45, 7) is 1.79. The van der Waals surface area contributed by atoms with Crippen molar-refractivity contribution < 1.29 is 18.6 Å². The molecule has 0 radical (unpaired) electrons. The highest BCUT2D eigenvalue weighted by molar-refractivity contribution is 7.10. The molecule has 0 aliphatic rings. The molecule has 0 saturated carbocycles. The van der Waals surface area contributed by atoms with Crippen molar-refractivity contribution in [2.45, 2.75) is 13.0 Å². The van der Waals surface area contributed by atoms with Crippen LogP contribution in [0.4, 0.5) is 8.78 Å². The first-order valence-electron chi connectivity index (χ1n) is 5.29. The maximum absolute atomic E-state index is 13.8. The van der Waals surface area contributed by atoms with E-state index in [1.807, 2.05) is 0 Å². The summed E-state index contributed by atoms with van der Waals surface area (Å²) in [6, 6.07) is 3.91. The Labute approximate surface area is 107 Å². The number of aliphatic hydroxyl groups is 1. The van der Waals surface area contributed by atoms with Gasteiger partial charge < -0.3 is 9.84 Å². The number of hydrogen-bond acceptors (Lipinski definition) is 3. The summed E-state index contributed by atoms with van der Waals surface area (Å²) in [5, 5.41) is 11.8. The van der Waals surface area contributed by atoms with Crippen LogP contribution in [0.15, 0.2) is 23.6 Å². The average molecular weight is 270 g/mol. The van der Waals surface area contributed by atoms with Crippen LogP contribution in [0.2, 0.25) is 0 Å². The van der Waals surface area contributed by atoms with Gasteiger partial charge in [-0.1, -0.05) is 0 Å². The van der Waals surface area contributed by atoms with Crippen molar-refractivity contribution in [3.05, 3.63) is 51.2 Å². The van der Waals surface area contributed by atoms with E-state index in [1.54, 1.807) is 18.4 Å². The van der Waals surface area contributed by atoms with Gasteiger partial charge in [0.1, 0.15) is 23.5 Å². The molecule has 0 saturated heterocycles. The summed E-state index contributed by atoms with van der Waals surface area (Å²) in [5.41, 5.74) is 0.462. The highest BCUT2D eigenvalue weighted by Crippen LogP contribution is 2.33. The number of aliphatic hydroxyl groups excluding tert-OH is 1. The minimum absolute atomic E-state index is 0.0869. The normalized spacial score (nSPS) is 12.5. The summed E-state index contributed by atoms with van der Waals surface area (Å²) in [7, 11) is 1.33. The maximum Gasteiger partial charge on any atom is 0.136 e. The van der Waals surface area contributed by atoms with Crippen LogP contribution >= 0.6 is 11.3 Å². The summed E-state index contributed by atoms with van der Waals surface area (Å²) in [5.74, 6) is -1.54. The van der Waals surface area contributed by atoms with Gasteiger partial charge in [0.05, 0.1) is 12.7 Å². The number of aryl methyl sites for hydroxylation is 1. The van der Waals surface area contributed by atoms with E-state index in [-0.39, 0.29) is 11.3 Å². The standard InChI is InChI=1S/C13H12F2O2S/c1-7-3-4-18-13(7)12(16)11-9(14)5-8(17-2)6-10(11)15/h3-6,12,16H,1-2H3. The zero-order valence-corrected chi connectivity index (χ0v) is 10.7. The Kier molecular flexibility index (Phi) is 3.63. The quantitative estimate of drug-likeness (QED) is 0.926. The van der Waals surface area contributed by atoms with Crippen LogP contribution in [-0.4, -0.2) is 12.2 Å². The number of ether oxygens (including phenoxy) is 1. The molecule has 2 aromatic rings. The van der Waals surface area contributed by atoms with Crippen molar-refractivity contribution in [1.29, 1.82) is 0 Å². The summed E-state index contributed by atoms with van der Waals surface area (Å²) in [6.07, 6.45) is -1.30. The van der Waals surface area contributed by atoms with E-state index in [0.717, 1.165) is 17.7 Å². The lowest BCUT2D eigenvalue weighted by Gasteiger charge is -2.13. The van der Waals surface area contributed by atoms with Gasteiger partial charge in [0.15, 0.2) is 0 Å². The predicted octanol–water partition coefficient (Wildman–Crippen LogP) is 3.43. The van der Waals surface area contributed by atoms with E-state index >= 15 is 0 Å². The zero-order chi connectivity index (χ0) is 13.3. The van der Waals surface area contributed by atoms with Crippen molar-refractivity contribution in [3.63, 3.8) is 0 Å². The van der Waals surface area contributed by atoms with Crippen molar-refractivity contribution >= 4 is 11.3 Å². The Bertz CT molecular complexity index is 543. The fraction of sp³-hybridized carbons (Fsp3) is 0.231. The molecule has 1 N–H and O–H groups in total. The molecule has 18 heavy (non-hydrogen) atoms. The number of halogens is 2. The summed E-state index contributed by atoms with van der Waals surface area (Å²) < 4.78 is 32.4. The zero-order valence-electron chi connectivity index (χ0n) is 9.91. The molecule has 1 unspecified atom stereocenters. The van der Waals surface area contributed by atoms with Crippen LogP contribution in [0.25, 0.3) is 0 Å². The second kappa shape index (κ2) is 5.04. The first-order valence-corrected chi connectivity index (χ1v) is 6.17. The lowest BCUT2D eigenvalue weighted by atomic mass is 10.0. The SMILES string of the molecule is COc1cc(F)c(C(O)c2sccc2C)c(F)c1. The average Bonchev–Trinajstić information content (AvgIpc) is 2.74. The van der Waals surface area contributed by atoms with E-state index in [0.29, 0.717) is 4.88 Å². The van der Waals surface area contributed by atoms with Crippen LogP contribution in [0, 0.1) is 18.6 Å². The molecular weight excluding hydrogens is 258 g/mol. The Balaban J connectivity index is 2.48. The van der Waals surface area contributed by atoms with Gasteiger partial charge in [-0.3, -0.25) is 0 Å². The molecule has 2 nitrogen and oxygen atoms in total. The highest BCUT2D eigenvalue weighted by Gasteiger charge is 2.23. The van der Waals surface area contributed by atoms with Crippen LogP contribution in [0.5, 0.6) is 5.75 Å². The first kappa shape index (κ1) is 13.0. The summed E-state index contributed by atoms with van der Waals surface area (Å²) in [4.78, 5) is 0.540. The van der Waals surface area contributed by atoms with Gasteiger partial charge in [-0.2, -0.15) is 0 Å². The number of methoxy groups -OCH3 is 1. The largest absolute Gasteiger partial charge is 0.497 e. The van der Waals surface area contributed by atoms with Crippen molar-refractivity contribution in [2.75, 3.05) is 7.11 Å². The van der Waals surface area contributed by atoms with Gasteiger partial charge >= 0.3 is 0 Å². The van der Waals surface area contributed by atoms with E-state index in [4.69, 9.17) is 4.74 Å². The molecule has 1 heterocycles. The third kappa shape index (κ3) is 2.23. The van der Waals surface area contributed by atoms with E-state index in [2.05, 4.69) is 0 Å². The molecule has 1 aromatic carbocycles. The van der Waals surface area contributed by atoms with Crippen LogP contribution in [0.3, 0.4) is 0 Å². The van der Waals surface area contributed by atoms with Gasteiger partial charge in [-0.25, -0.2) is 8.78 Å². The Morgan fingerprint density at radius 3 is 2.33 bits per heavy atom. The van der Waals surface area contributed by atoms with Gasteiger partial charge in [0.25, 0.3) is 0 Å². The van der Waals surface area contributed by atoms with Gasteiger partial charge in [0, 0.05) is 17.0 Å². The molecule has 2 rings (SSSR count). The second-order valence-electron chi connectivity index (χ2n) is 3.88. The van der Waals surface area contributed by atoms with E-state index in [1.165, 1.54) is 18.4 Å². The number of rotatable bonds is 3. The molecule has 1 atom stereocenters. The van der Waals surface area contributed by atoms with Crippen LogP contribution in [0.1, 0.15) is 22.1 Å². The fourth-order valence-corrected chi connectivity index (χ4v) is 2.66. The van der Waals surface area contributed by atoms with Gasteiger partial charge in [0.2, 0.25) is 0 Å². The molecule has 1 aromatic heterocycles. The third-order valence-electron chi connectivity index (χ3n) is 2.71. The minimum atomic E-state index is -1.30. The topological polar surface area (TPSA) is 29.5 Å². The van der Waals surface area contributed by atoms with Crippen molar-refractivity contribution in [2.24, 2.45) is 0 Å². The predicted molar refractivity (Wildman–Crippen MR) is 66.0 cm³/mol. The lowest BCUT2D eigenvalue weighted by molar-refractivity contribution is 0.211. The molecule has 0 bridgehead atoms. The van der Waals surface area contributed by atoms with E-state index < -0.39 is 17.7 Å². The monoisotopic (exact) mass is 270 g/mol. The number of thiophene rings is 1. The molecule has 0 spiro atoms. The molecule has 0 aliphatic heterocycles. The fourth-order valence-electron chi connectivity index (χ4n) is 1.74. The van der Waals surface area contributed by atoms with Crippen LogP contribution in [-0.2, 0) is 0 Å². The Morgan fingerprint density at radius 2 is 1.89 bits per heavy atom. The molecule has 0 aliphatic carbocycles. The van der Waals surface area contributed by atoms with Crippen LogP contribution < -0.4 is 4.74 Å². The van der Waals surface area contributed by atoms with E-state index in [9.17, 15) is 13.9 Å². The number of benzene rings is 1. The van der Waals surface area contributed by atoms with Gasteiger partial charge in [-0.15, -0.1) is 11.3 Å². The Morgan fingerprint density at radius 1 is 1.28 bits per heavy atom. The second-order valence-corrected chi connectivity index (χ2v) is 4.82. The third-order valence-corrected chi connectivity index (χ3v) is 3.78. The van der Waals surface area contributed by atoms with Gasteiger partial charge in [-0.05, 0) is 23.9 Å².